The van der Waals surface area contributed by atoms with Gasteiger partial charge >= 0.3 is 6.18 Å². The van der Waals surface area contributed by atoms with Crippen molar-refractivity contribution >= 4 is 34.4 Å². The third kappa shape index (κ3) is 5.36. The van der Waals surface area contributed by atoms with Crippen molar-refractivity contribution in [2.24, 2.45) is 0 Å². The van der Waals surface area contributed by atoms with Crippen LogP contribution in [0.5, 0.6) is 0 Å². The highest BCUT2D eigenvalue weighted by atomic mass is 32.2. The van der Waals surface area contributed by atoms with Gasteiger partial charge in [0.05, 0.1) is 22.8 Å². The Balaban J connectivity index is 1.55. The topological polar surface area (TPSA) is 59.8 Å². The maximum absolute atomic E-state index is 13.0. The summed E-state index contributed by atoms with van der Waals surface area (Å²) in [4.78, 5) is 21.5. The minimum atomic E-state index is -4.40. The number of halogens is 3. The number of amides is 1. The van der Waals surface area contributed by atoms with E-state index in [0.717, 1.165) is 23.3 Å². The second kappa shape index (κ2) is 9.27. The molecule has 0 radical (unpaired) electrons. The van der Waals surface area contributed by atoms with Crippen molar-refractivity contribution in [1.29, 1.82) is 0 Å². The number of pyridine rings is 1. The number of aromatic nitrogens is 3. The van der Waals surface area contributed by atoms with Crippen LogP contribution in [0.4, 0.5) is 18.9 Å². The summed E-state index contributed by atoms with van der Waals surface area (Å²) in [6, 6.07) is 12.6. The minimum Gasteiger partial charge on any atom is -0.325 e. The molecule has 0 atom stereocenters. The zero-order chi connectivity index (χ0) is 23.6. The molecule has 2 aromatic heterocycles. The van der Waals surface area contributed by atoms with Gasteiger partial charge in [0.2, 0.25) is 5.91 Å². The van der Waals surface area contributed by atoms with Crippen molar-refractivity contribution in [2.45, 2.75) is 37.5 Å². The molecule has 0 aliphatic carbocycles. The number of carbonyl (C=O) groups excluding carboxylic acids is 1. The van der Waals surface area contributed by atoms with Gasteiger partial charge in [-0.1, -0.05) is 36.0 Å². The molecular formula is C24H21F3N4OS. The van der Waals surface area contributed by atoms with Crippen LogP contribution in [0.3, 0.4) is 0 Å². The second-order valence-electron chi connectivity index (χ2n) is 7.68. The lowest BCUT2D eigenvalue weighted by Crippen LogP contribution is -2.19. The number of hydrogen-bond donors (Lipinski definition) is 1. The molecule has 0 aliphatic rings. The van der Waals surface area contributed by atoms with E-state index in [0.29, 0.717) is 27.4 Å². The fraction of sp³-hybridized carbons (Fsp3) is 0.208. The Hall–Kier alpha value is -3.33. The van der Waals surface area contributed by atoms with Gasteiger partial charge in [0, 0.05) is 17.6 Å². The summed E-state index contributed by atoms with van der Waals surface area (Å²) in [5, 5.41) is 3.43. The van der Waals surface area contributed by atoms with Gasteiger partial charge in [-0.25, -0.2) is 4.98 Å². The highest BCUT2D eigenvalue weighted by Crippen LogP contribution is 2.32. The first kappa shape index (κ1) is 22.8. The van der Waals surface area contributed by atoms with Crippen LogP contribution in [0.15, 0.2) is 66.1 Å². The molecule has 2 heterocycles. The molecule has 0 spiro atoms. The quantitative estimate of drug-likeness (QED) is 0.351. The van der Waals surface area contributed by atoms with Crippen LogP contribution in [0.25, 0.3) is 11.0 Å². The molecule has 170 valence electrons. The van der Waals surface area contributed by atoms with Crippen LogP contribution in [-0.4, -0.2) is 20.4 Å². The maximum Gasteiger partial charge on any atom is 0.416 e. The van der Waals surface area contributed by atoms with Crippen molar-refractivity contribution in [3.63, 3.8) is 0 Å². The number of nitrogens with zero attached hydrogens (tertiary/aromatic N) is 3. The predicted octanol–water partition coefficient (Wildman–Crippen LogP) is 6.00. The fourth-order valence-corrected chi connectivity index (χ4v) is 4.32. The van der Waals surface area contributed by atoms with Crippen LogP contribution in [0.2, 0.25) is 0 Å². The van der Waals surface area contributed by atoms with Crippen LogP contribution in [0, 0.1) is 13.8 Å². The predicted molar refractivity (Wildman–Crippen MR) is 123 cm³/mol. The van der Waals surface area contributed by atoms with Crippen LogP contribution >= 0.6 is 11.8 Å². The normalized spacial score (nSPS) is 11.7. The molecular weight excluding hydrogens is 449 g/mol. The van der Waals surface area contributed by atoms with Gasteiger partial charge in [-0.2, -0.15) is 13.2 Å². The van der Waals surface area contributed by atoms with Crippen molar-refractivity contribution in [3.05, 3.63) is 83.2 Å². The first-order valence-electron chi connectivity index (χ1n) is 10.2. The van der Waals surface area contributed by atoms with Crippen molar-refractivity contribution < 1.29 is 18.0 Å². The number of hydrogen-bond acceptors (Lipinski definition) is 4. The summed E-state index contributed by atoms with van der Waals surface area (Å²) in [5.74, 6) is 0.0433. The summed E-state index contributed by atoms with van der Waals surface area (Å²) in [5.41, 5.74) is 4.08. The number of carbonyl (C=O) groups is 1. The third-order valence-electron chi connectivity index (χ3n) is 5.23. The number of anilines is 1. The van der Waals surface area contributed by atoms with Crippen molar-refractivity contribution in [2.75, 3.05) is 5.32 Å². The molecule has 4 rings (SSSR count). The van der Waals surface area contributed by atoms with Gasteiger partial charge < -0.3 is 9.88 Å². The number of alkyl halides is 3. The molecule has 1 N–H and O–H groups in total. The monoisotopic (exact) mass is 470 g/mol. The number of thioether (sulfide) groups is 1. The van der Waals surface area contributed by atoms with E-state index in [-0.39, 0.29) is 18.2 Å². The van der Waals surface area contributed by atoms with E-state index in [2.05, 4.69) is 15.3 Å². The first-order valence-corrected chi connectivity index (χ1v) is 11.2. The van der Waals surface area contributed by atoms with E-state index in [9.17, 15) is 18.0 Å². The van der Waals surface area contributed by atoms with Gasteiger partial charge in [0.1, 0.15) is 6.54 Å². The molecule has 0 bridgehead atoms. The zero-order valence-corrected chi connectivity index (χ0v) is 18.8. The highest BCUT2D eigenvalue weighted by Gasteiger charge is 2.30. The Labute approximate surface area is 193 Å². The Morgan fingerprint density at radius 3 is 2.67 bits per heavy atom. The van der Waals surface area contributed by atoms with Crippen LogP contribution < -0.4 is 5.32 Å². The molecule has 5 nitrogen and oxygen atoms in total. The highest BCUT2D eigenvalue weighted by molar-refractivity contribution is 7.98. The summed E-state index contributed by atoms with van der Waals surface area (Å²) in [7, 11) is 0. The van der Waals surface area contributed by atoms with Gasteiger partial charge in [-0.05, 0) is 54.8 Å². The summed E-state index contributed by atoms with van der Waals surface area (Å²) in [6.07, 6.45) is -1.16. The van der Waals surface area contributed by atoms with Gasteiger partial charge in [-0.3, -0.25) is 9.78 Å². The minimum absolute atomic E-state index is 0.0000412. The molecule has 1 amide bonds. The van der Waals surface area contributed by atoms with Crippen molar-refractivity contribution in [1.82, 2.24) is 14.5 Å². The molecule has 4 aromatic rings. The molecule has 0 saturated carbocycles. The fourth-order valence-electron chi connectivity index (χ4n) is 3.36. The van der Waals surface area contributed by atoms with E-state index in [1.807, 2.05) is 32.0 Å². The number of fused-ring (bicyclic) bond motifs is 1. The summed E-state index contributed by atoms with van der Waals surface area (Å²) < 4.78 is 40.8. The van der Waals surface area contributed by atoms with E-state index in [4.69, 9.17) is 0 Å². The molecule has 2 aromatic carbocycles. The number of benzene rings is 2. The Bertz CT molecular complexity index is 1320. The van der Waals surface area contributed by atoms with Gasteiger partial charge in [-0.15, -0.1) is 0 Å². The van der Waals surface area contributed by atoms with Crippen LogP contribution in [-0.2, 0) is 23.3 Å². The average Bonchev–Trinajstić information content (AvgIpc) is 3.12. The Kier molecular flexibility index (Phi) is 6.42. The molecule has 0 fully saturated rings. The lowest BCUT2D eigenvalue weighted by molar-refractivity contribution is -0.137. The van der Waals surface area contributed by atoms with E-state index < -0.39 is 11.7 Å². The second-order valence-corrected chi connectivity index (χ2v) is 8.62. The molecule has 0 aliphatic heterocycles. The van der Waals surface area contributed by atoms with Gasteiger partial charge in [0.25, 0.3) is 0 Å². The van der Waals surface area contributed by atoms with E-state index in [1.54, 1.807) is 29.1 Å². The number of imidazole rings is 1. The Morgan fingerprint density at radius 1 is 1.09 bits per heavy atom. The molecule has 0 unspecified atom stereocenters. The number of rotatable bonds is 6. The standard InChI is InChI=1S/C24H21F3N4OS/c1-15-6-7-19(10-16(15)2)29-22(32)13-31-21-12-28-9-8-20(21)30-23(31)33-14-17-4-3-5-18(11-17)24(25,26)27/h3-12H,13-14H2,1-2H3,(H,29,32). The third-order valence-corrected chi connectivity index (χ3v) is 6.28. The average molecular weight is 471 g/mol. The van der Waals surface area contributed by atoms with Crippen LogP contribution in [0.1, 0.15) is 22.3 Å². The van der Waals surface area contributed by atoms with E-state index in [1.165, 1.54) is 17.8 Å². The lowest BCUT2D eigenvalue weighted by Gasteiger charge is -2.11. The summed E-state index contributed by atoms with van der Waals surface area (Å²) >= 11 is 1.27. The molecule has 9 heteroatoms. The van der Waals surface area contributed by atoms with Gasteiger partial charge in [0.15, 0.2) is 5.16 Å². The molecule has 33 heavy (non-hydrogen) atoms. The van der Waals surface area contributed by atoms with Crippen molar-refractivity contribution in [3.8, 4) is 0 Å². The number of aryl methyl sites for hydroxylation is 2. The number of nitrogens with one attached hydrogen (secondary N) is 1. The maximum atomic E-state index is 13.0. The smallest absolute Gasteiger partial charge is 0.325 e. The first-order chi connectivity index (χ1) is 15.7. The molecule has 0 saturated heterocycles. The lowest BCUT2D eigenvalue weighted by atomic mass is 10.1. The van der Waals surface area contributed by atoms with E-state index >= 15 is 0 Å². The zero-order valence-electron chi connectivity index (χ0n) is 18.0. The summed E-state index contributed by atoms with van der Waals surface area (Å²) in [6.45, 7) is 3.97. The largest absolute Gasteiger partial charge is 0.416 e. The SMILES string of the molecule is Cc1ccc(NC(=O)Cn2c(SCc3cccc(C(F)(F)F)c3)nc3ccncc32)cc1C. The Morgan fingerprint density at radius 2 is 1.91 bits per heavy atom.